The Labute approximate surface area is 129 Å². The van der Waals surface area contributed by atoms with Crippen molar-refractivity contribution in [3.63, 3.8) is 0 Å². The third-order valence-corrected chi connectivity index (χ3v) is 4.86. The van der Waals surface area contributed by atoms with Crippen LogP contribution in [0.3, 0.4) is 0 Å². The summed E-state index contributed by atoms with van der Waals surface area (Å²) in [6, 6.07) is 13.3. The van der Waals surface area contributed by atoms with Gasteiger partial charge in [0, 0.05) is 17.7 Å². The number of aromatic nitrogens is 1. The number of benzene rings is 1. The van der Waals surface area contributed by atoms with E-state index >= 15 is 0 Å². The zero-order chi connectivity index (χ0) is 15.6. The van der Waals surface area contributed by atoms with Crippen molar-refractivity contribution in [1.29, 1.82) is 0 Å². The molecule has 0 unspecified atom stereocenters. The highest BCUT2D eigenvalue weighted by atomic mass is 14.9. The van der Waals surface area contributed by atoms with Crippen molar-refractivity contribution in [3.8, 4) is 11.3 Å². The average molecular weight is 282 g/mol. The van der Waals surface area contributed by atoms with E-state index in [4.69, 9.17) is 0 Å². The molecule has 1 heteroatoms. The van der Waals surface area contributed by atoms with Gasteiger partial charge in [0.25, 0.3) is 0 Å². The van der Waals surface area contributed by atoms with Crippen molar-refractivity contribution in [2.75, 3.05) is 0 Å². The van der Waals surface area contributed by atoms with Gasteiger partial charge in [0.05, 0.1) is 0 Å². The van der Waals surface area contributed by atoms with Gasteiger partial charge >= 0.3 is 0 Å². The van der Waals surface area contributed by atoms with Crippen LogP contribution in [0.5, 0.6) is 0 Å². The van der Waals surface area contributed by atoms with E-state index in [1.165, 1.54) is 22.4 Å². The Hall–Kier alpha value is -1.63. The van der Waals surface area contributed by atoms with E-state index in [1.54, 1.807) is 0 Å². The fourth-order valence-electron chi connectivity index (χ4n) is 2.59. The molecule has 0 aliphatic carbocycles. The van der Waals surface area contributed by atoms with Gasteiger partial charge < -0.3 is 0 Å². The lowest BCUT2D eigenvalue weighted by molar-refractivity contribution is -0.660. The zero-order valence-corrected chi connectivity index (χ0v) is 14.3. The van der Waals surface area contributed by atoms with Gasteiger partial charge in [-0.05, 0) is 47.9 Å². The predicted octanol–water partition coefficient (Wildman–Crippen LogP) is 4.71. The molecular formula is C20H28N+. The molecule has 112 valence electrons. The smallest absolute Gasteiger partial charge is 0.201 e. The number of hydrogen-bond donors (Lipinski definition) is 0. The molecule has 0 aliphatic heterocycles. The normalized spacial score (nSPS) is 12.0. The predicted molar refractivity (Wildman–Crippen MR) is 90.1 cm³/mol. The number of hydrogen-bond acceptors (Lipinski definition) is 0. The second-order valence-corrected chi connectivity index (χ2v) is 7.17. The van der Waals surface area contributed by atoms with Crippen LogP contribution < -0.4 is 4.57 Å². The fraction of sp³-hybridized carbons (Fsp3) is 0.450. The summed E-state index contributed by atoms with van der Waals surface area (Å²) >= 11 is 0. The minimum absolute atomic E-state index is 0.325. The summed E-state index contributed by atoms with van der Waals surface area (Å²) < 4.78 is 2.19. The van der Waals surface area contributed by atoms with Crippen molar-refractivity contribution in [2.45, 2.75) is 41.0 Å². The van der Waals surface area contributed by atoms with Crippen LogP contribution in [0, 0.1) is 18.3 Å². The molecule has 0 bridgehead atoms. The number of nitrogens with zero attached hydrogens (tertiary/aromatic N) is 1. The van der Waals surface area contributed by atoms with E-state index in [0.29, 0.717) is 11.3 Å². The molecule has 0 spiro atoms. The van der Waals surface area contributed by atoms with Crippen molar-refractivity contribution in [1.82, 2.24) is 0 Å². The lowest BCUT2D eigenvalue weighted by Gasteiger charge is -2.29. The lowest BCUT2D eigenvalue weighted by atomic mass is 9.76. The Bertz CT molecular complexity index is 623. The molecule has 1 heterocycles. The first-order valence-corrected chi connectivity index (χ1v) is 7.86. The van der Waals surface area contributed by atoms with E-state index < -0.39 is 0 Å². The summed E-state index contributed by atoms with van der Waals surface area (Å²) in [5, 5.41) is 0. The van der Waals surface area contributed by atoms with Gasteiger partial charge in [-0.1, -0.05) is 39.8 Å². The second-order valence-electron chi connectivity index (χ2n) is 7.17. The van der Waals surface area contributed by atoms with Crippen LogP contribution in [0.2, 0.25) is 0 Å². The van der Waals surface area contributed by atoms with Crippen LogP contribution in [0.15, 0.2) is 42.6 Å². The summed E-state index contributed by atoms with van der Waals surface area (Å²) in [4.78, 5) is 0. The Morgan fingerprint density at radius 1 is 1.10 bits per heavy atom. The molecule has 0 saturated heterocycles. The molecule has 1 aromatic heterocycles. The van der Waals surface area contributed by atoms with E-state index in [0.717, 1.165) is 6.42 Å². The van der Waals surface area contributed by atoms with Gasteiger partial charge in [-0.15, -0.1) is 0 Å². The average Bonchev–Trinajstić information content (AvgIpc) is 2.41. The Morgan fingerprint density at radius 3 is 2.43 bits per heavy atom. The van der Waals surface area contributed by atoms with E-state index in [2.05, 4.69) is 88.8 Å². The highest BCUT2D eigenvalue weighted by Crippen LogP contribution is 2.32. The summed E-state index contributed by atoms with van der Waals surface area (Å²) in [6.45, 7) is 11.5. The summed E-state index contributed by atoms with van der Waals surface area (Å²) in [5.41, 5.74) is 5.71. The van der Waals surface area contributed by atoms with Gasteiger partial charge in [0.1, 0.15) is 7.05 Å². The topological polar surface area (TPSA) is 3.88 Å². The first-order valence-electron chi connectivity index (χ1n) is 7.86. The van der Waals surface area contributed by atoms with Crippen LogP contribution in [0.25, 0.3) is 11.3 Å². The largest absolute Gasteiger partial charge is 0.212 e. The highest BCUT2D eigenvalue weighted by molar-refractivity contribution is 5.61. The molecule has 0 fully saturated rings. The van der Waals surface area contributed by atoms with Crippen LogP contribution >= 0.6 is 0 Å². The van der Waals surface area contributed by atoms with Gasteiger partial charge in [0.2, 0.25) is 5.69 Å². The molecular weight excluding hydrogens is 254 g/mol. The molecule has 0 radical (unpaired) electrons. The van der Waals surface area contributed by atoms with Crippen LogP contribution in [0.1, 0.15) is 38.8 Å². The van der Waals surface area contributed by atoms with Gasteiger partial charge in [-0.2, -0.15) is 0 Å². The van der Waals surface area contributed by atoms with Crippen LogP contribution in [-0.2, 0) is 13.5 Å². The monoisotopic (exact) mass is 282 g/mol. The Balaban J connectivity index is 2.41. The van der Waals surface area contributed by atoms with E-state index in [-0.39, 0.29) is 0 Å². The summed E-state index contributed by atoms with van der Waals surface area (Å²) in [6.07, 6.45) is 3.23. The van der Waals surface area contributed by atoms with E-state index in [9.17, 15) is 0 Å². The molecule has 1 nitrogen and oxygen atoms in total. The number of rotatable bonds is 4. The van der Waals surface area contributed by atoms with Crippen molar-refractivity contribution in [2.24, 2.45) is 18.4 Å². The molecule has 1 aromatic carbocycles. The SMILES string of the molecule is Cc1ccc(CC(C)(C)C(C)C)cc1-c1cccc[n+]1C. The minimum Gasteiger partial charge on any atom is -0.201 e. The van der Waals surface area contributed by atoms with Crippen molar-refractivity contribution in [3.05, 3.63) is 53.7 Å². The first kappa shape index (κ1) is 15.8. The van der Waals surface area contributed by atoms with Gasteiger partial charge in [-0.3, -0.25) is 0 Å². The second kappa shape index (κ2) is 6.01. The Kier molecular flexibility index (Phi) is 4.51. The molecule has 0 amide bonds. The Morgan fingerprint density at radius 2 is 1.81 bits per heavy atom. The maximum Gasteiger partial charge on any atom is 0.212 e. The number of aryl methyl sites for hydroxylation is 2. The highest BCUT2D eigenvalue weighted by Gasteiger charge is 2.23. The third-order valence-electron chi connectivity index (χ3n) is 4.86. The third kappa shape index (κ3) is 3.53. The molecule has 0 aliphatic rings. The summed E-state index contributed by atoms with van der Waals surface area (Å²) in [5.74, 6) is 0.676. The quantitative estimate of drug-likeness (QED) is 0.715. The number of pyridine rings is 1. The maximum absolute atomic E-state index is 2.37. The molecule has 0 atom stereocenters. The standard InChI is InChI=1S/C20H28N/c1-15(2)20(4,5)14-17-11-10-16(3)18(13-17)19-9-7-8-12-21(19)6/h7-13,15H,14H2,1-6H3/q+1. The zero-order valence-electron chi connectivity index (χ0n) is 14.3. The summed E-state index contributed by atoms with van der Waals surface area (Å²) in [7, 11) is 2.11. The molecule has 0 saturated carbocycles. The van der Waals surface area contributed by atoms with Gasteiger partial charge in [-0.25, -0.2) is 4.57 Å². The van der Waals surface area contributed by atoms with Crippen molar-refractivity contribution >= 4 is 0 Å². The first-order chi connectivity index (χ1) is 9.81. The molecule has 2 aromatic rings. The maximum atomic E-state index is 2.37. The molecule has 2 rings (SSSR count). The van der Waals surface area contributed by atoms with Gasteiger partial charge in [0.15, 0.2) is 6.20 Å². The molecule has 21 heavy (non-hydrogen) atoms. The van der Waals surface area contributed by atoms with Crippen LogP contribution in [-0.4, -0.2) is 0 Å². The van der Waals surface area contributed by atoms with E-state index in [1.807, 2.05) is 0 Å². The van der Waals surface area contributed by atoms with Crippen molar-refractivity contribution < 1.29 is 4.57 Å². The van der Waals surface area contributed by atoms with Crippen LogP contribution in [0.4, 0.5) is 0 Å². The minimum atomic E-state index is 0.325. The fourth-order valence-corrected chi connectivity index (χ4v) is 2.59. The lowest BCUT2D eigenvalue weighted by Crippen LogP contribution is -2.30. The molecule has 0 N–H and O–H groups in total.